The first-order valence-corrected chi connectivity index (χ1v) is 10.3. The summed E-state index contributed by atoms with van der Waals surface area (Å²) in [4.78, 5) is 50.8. The van der Waals surface area contributed by atoms with E-state index in [0.717, 1.165) is 5.56 Å². The molecule has 0 aromatic heterocycles. The fourth-order valence-corrected chi connectivity index (χ4v) is 5.12. The molecule has 2 amide bonds. The summed E-state index contributed by atoms with van der Waals surface area (Å²) in [5.41, 5.74) is 0.00502. The molecule has 0 bridgehead atoms. The SMILES string of the molecule is Cc1ccc(NC(=O)N2C(c3cccc([N+](=O)[O-])c3)C3C(=O)CCC3C2(C)C(=O)O)cc1. The van der Waals surface area contributed by atoms with Crippen molar-refractivity contribution in [2.45, 2.75) is 38.3 Å². The number of carboxylic acid groups (broad SMARTS) is 1. The molecule has 1 aliphatic carbocycles. The van der Waals surface area contributed by atoms with Crippen molar-refractivity contribution in [1.29, 1.82) is 0 Å². The van der Waals surface area contributed by atoms with E-state index >= 15 is 0 Å². The normalized spacial score (nSPS) is 26.6. The average molecular weight is 437 g/mol. The van der Waals surface area contributed by atoms with Gasteiger partial charge in [-0.1, -0.05) is 29.8 Å². The van der Waals surface area contributed by atoms with Crippen LogP contribution in [0.2, 0.25) is 0 Å². The molecule has 1 heterocycles. The number of aryl methyl sites for hydroxylation is 1. The van der Waals surface area contributed by atoms with Crippen LogP contribution in [-0.2, 0) is 9.59 Å². The predicted octanol–water partition coefficient (Wildman–Crippen LogP) is 3.93. The van der Waals surface area contributed by atoms with Gasteiger partial charge in [0.2, 0.25) is 0 Å². The monoisotopic (exact) mass is 437 g/mol. The largest absolute Gasteiger partial charge is 0.479 e. The van der Waals surface area contributed by atoms with E-state index in [2.05, 4.69) is 5.32 Å². The minimum absolute atomic E-state index is 0.135. The number of carboxylic acids is 1. The van der Waals surface area contributed by atoms with Crippen LogP contribution in [-0.4, -0.2) is 38.3 Å². The summed E-state index contributed by atoms with van der Waals surface area (Å²) in [5.74, 6) is -2.69. The Morgan fingerprint density at radius 1 is 1.22 bits per heavy atom. The summed E-state index contributed by atoms with van der Waals surface area (Å²) in [7, 11) is 0. The number of fused-ring (bicyclic) bond motifs is 1. The van der Waals surface area contributed by atoms with Crippen LogP contribution >= 0.6 is 0 Å². The zero-order valence-electron chi connectivity index (χ0n) is 17.6. The summed E-state index contributed by atoms with van der Waals surface area (Å²) in [6.45, 7) is 3.36. The number of ketones is 1. The van der Waals surface area contributed by atoms with Gasteiger partial charge in [0.1, 0.15) is 11.3 Å². The van der Waals surface area contributed by atoms with E-state index in [-0.39, 0.29) is 17.9 Å². The van der Waals surface area contributed by atoms with Gasteiger partial charge in [-0.3, -0.25) is 14.9 Å². The van der Waals surface area contributed by atoms with E-state index in [4.69, 9.17) is 0 Å². The number of likely N-dealkylation sites (tertiary alicyclic amines) is 1. The van der Waals surface area contributed by atoms with Gasteiger partial charge in [0.25, 0.3) is 5.69 Å². The Bertz CT molecular complexity index is 1110. The van der Waals surface area contributed by atoms with Gasteiger partial charge in [0, 0.05) is 36.1 Å². The highest BCUT2D eigenvalue weighted by Crippen LogP contribution is 2.56. The molecule has 1 aliphatic heterocycles. The molecule has 2 aliphatic rings. The van der Waals surface area contributed by atoms with Crippen molar-refractivity contribution in [3.8, 4) is 0 Å². The molecule has 4 unspecified atom stereocenters. The average Bonchev–Trinajstić information content (AvgIpc) is 3.26. The van der Waals surface area contributed by atoms with Crippen molar-refractivity contribution < 1.29 is 24.4 Å². The smallest absolute Gasteiger partial charge is 0.329 e. The van der Waals surface area contributed by atoms with Gasteiger partial charge >= 0.3 is 12.0 Å². The number of urea groups is 1. The van der Waals surface area contributed by atoms with Gasteiger partial charge in [0.05, 0.1) is 11.0 Å². The number of carbonyl (C=O) groups excluding carboxylic acids is 2. The van der Waals surface area contributed by atoms with Gasteiger partial charge in [-0.05, 0) is 38.0 Å². The molecule has 32 heavy (non-hydrogen) atoms. The molecule has 2 fully saturated rings. The first-order chi connectivity index (χ1) is 15.1. The number of aliphatic carboxylic acids is 1. The lowest BCUT2D eigenvalue weighted by molar-refractivity contribution is -0.385. The van der Waals surface area contributed by atoms with Crippen molar-refractivity contribution in [3.05, 3.63) is 69.8 Å². The van der Waals surface area contributed by atoms with Crippen LogP contribution in [0.4, 0.5) is 16.2 Å². The second-order valence-corrected chi connectivity index (χ2v) is 8.55. The molecule has 4 atom stereocenters. The van der Waals surface area contributed by atoms with E-state index in [1.165, 1.54) is 30.0 Å². The number of anilines is 1. The molecule has 0 radical (unpaired) electrons. The Balaban J connectivity index is 1.83. The van der Waals surface area contributed by atoms with Crippen LogP contribution in [0.3, 0.4) is 0 Å². The quantitative estimate of drug-likeness (QED) is 0.551. The Morgan fingerprint density at radius 2 is 1.91 bits per heavy atom. The number of nitro benzene ring substituents is 1. The Morgan fingerprint density at radius 3 is 2.53 bits per heavy atom. The number of nitrogens with zero attached hydrogens (tertiary/aromatic N) is 2. The molecule has 4 rings (SSSR count). The number of nitrogens with one attached hydrogen (secondary N) is 1. The molecular weight excluding hydrogens is 414 g/mol. The van der Waals surface area contributed by atoms with Crippen molar-refractivity contribution in [1.82, 2.24) is 4.90 Å². The molecule has 9 nitrogen and oxygen atoms in total. The molecular formula is C23H23N3O6. The molecule has 9 heteroatoms. The number of non-ortho nitro benzene ring substituents is 1. The van der Waals surface area contributed by atoms with E-state index in [1.807, 2.05) is 19.1 Å². The Kier molecular flexibility index (Phi) is 5.20. The topological polar surface area (TPSA) is 130 Å². The molecule has 2 N–H and O–H groups in total. The maximum Gasteiger partial charge on any atom is 0.329 e. The summed E-state index contributed by atoms with van der Waals surface area (Å²) in [6, 6.07) is 11.1. The fraction of sp³-hybridized carbons (Fsp3) is 0.348. The van der Waals surface area contributed by atoms with E-state index in [9.17, 15) is 29.6 Å². The predicted molar refractivity (Wildman–Crippen MR) is 115 cm³/mol. The number of amides is 2. The van der Waals surface area contributed by atoms with Crippen molar-refractivity contribution in [2.75, 3.05) is 5.32 Å². The van der Waals surface area contributed by atoms with Crippen molar-refractivity contribution in [3.63, 3.8) is 0 Å². The maximum atomic E-state index is 13.5. The fourth-order valence-electron chi connectivity index (χ4n) is 5.12. The Labute approximate surface area is 184 Å². The standard InChI is InChI=1S/C23H23N3O6/c1-13-6-8-15(9-7-13)24-22(30)25-20(14-4-3-5-16(12-14)26(31)32)19-17(10-11-18(19)27)23(25,2)21(28)29/h3-9,12,17,19-20H,10-11H2,1-2H3,(H,24,30)(H,28,29). The molecule has 2 aromatic rings. The number of nitro groups is 1. The zero-order chi connectivity index (χ0) is 23.2. The van der Waals surface area contributed by atoms with E-state index in [0.29, 0.717) is 17.7 Å². The Hall–Kier alpha value is -3.75. The third-order valence-corrected chi connectivity index (χ3v) is 6.72. The first kappa shape index (κ1) is 21.5. The number of benzene rings is 2. The van der Waals surface area contributed by atoms with Crippen molar-refractivity contribution >= 4 is 29.2 Å². The van der Waals surface area contributed by atoms with Crippen LogP contribution in [0.5, 0.6) is 0 Å². The summed E-state index contributed by atoms with van der Waals surface area (Å²) < 4.78 is 0. The number of hydrogen-bond donors (Lipinski definition) is 2. The minimum Gasteiger partial charge on any atom is -0.479 e. The molecule has 1 saturated carbocycles. The van der Waals surface area contributed by atoms with Crippen LogP contribution < -0.4 is 5.32 Å². The lowest BCUT2D eigenvalue weighted by Gasteiger charge is -2.37. The van der Waals surface area contributed by atoms with Gasteiger partial charge in [-0.15, -0.1) is 0 Å². The zero-order valence-corrected chi connectivity index (χ0v) is 17.6. The van der Waals surface area contributed by atoms with Gasteiger partial charge in [-0.25, -0.2) is 9.59 Å². The molecule has 1 saturated heterocycles. The van der Waals surface area contributed by atoms with Gasteiger partial charge < -0.3 is 15.3 Å². The van der Waals surface area contributed by atoms with Crippen LogP contribution in [0, 0.1) is 28.9 Å². The third-order valence-electron chi connectivity index (χ3n) is 6.72. The van der Waals surface area contributed by atoms with Crippen LogP contribution in [0.1, 0.15) is 36.9 Å². The lowest BCUT2D eigenvalue weighted by Crippen LogP contribution is -2.56. The first-order valence-electron chi connectivity index (χ1n) is 10.3. The highest BCUT2D eigenvalue weighted by molar-refractivity contribution is 5.98. The highest BCUT2D eigenvalue weighted by atomic mass is 16.6. The van der Waals surface area contributed by atoms with Crippen LogP contribution in [0.25, 0.3) is 0 Å². The lowest BCUT2D eigenvalue weighted by atomic mass is 9.81. The van der Waals surface area contributed by atoms with Crippen molar-refractivity contribution in [2.24, 2.45) is 11.8 Å². The van der Waals surface area contributed by atoms with E-state index in [1.54, 1.807) is 18.2 Å². The third kappa shape index (κ3) is 3.30. The second kappa shape index (κ2) is 7.74. The minimum atomic E-state index is -1.65. The second-order valence-electron chi connectivity index (χ2n) is 8.55. The van der Waals surface area contributed by atoms with Gasteiger partial charge in [-0.2, -0.15) is 0 Å². The summed E-state index contributed by atoms with van der Waals surface area (Å²) in [6.07, 6.45) is 0.559. The highest BCUT2D eigenvalue weighted by Gasteiger charge is 2.66. The van der Waals surface area contributed by atoms with E-state index < -0.39 is 40.3 Å². The number of hydrogen-bond acceptors (Lipinski definition) is 5. The maximum absolute atomic E-state index is 13.5. The summed E-state index contributed by atoms with van der Waals surface area (Å²) >= 11 is 0. The molecule has 166 valence electrons. The number of Topliss-reactive ketones (excluding diaryl/α,β-unsaturated/α-hetero) is 1. The summed E-state index contributed by atoms with van der Waals surface area (Å²) in [5, 5.41) is 24.3. The van der Waals surface area contributed by atoms with Crippen LogP contribution in [0.15, 0.2) is 48.5 Å². The number of rotatable bonds is 4. The van der Waals surface area contributed by atoms with Gasteiger partial charge in [0.15, 0.2) is 0 Å². The molecule has 2 aromatic carbocycles. The molecule has 0 spiro atoms. The number of carbonyl (C=O) groups is 3.